The van der Waals surface area contributed by atoms with Crippen molar-refractivity contribution in [2.24, 2.45) is 11.3 Å². The highest BCUT2D eigenvalue weighted by Crippen LogP contribution is 2.49. The van der Waals surface area contributed by atoms with Gasteiger partial charge < -0.3 is 19.0 Å². The number of likely N-dealkylation sites (tertiary alicyclic amines) is 1. The van der Waals surface area contributed by atoms with Crippen LogP contribution >= 0.6 is 27.7 Å². The number of carbonyl (C=O) groups is 1. The lowest BCUT2D eigenvalue weighted by Gasteiger charge is -2.37. The smallest absolute Gasteiger partial charge is 0.407 e. The number of amides is 1. The Balaban J connectivity index is 1.56. The van der Waals surface area contributed by atoms with Gasteiger partial charge in [0.25, 0.3) is 5.56 Å². The Morgan fingerprint density at radius 2 is 2.00 bits per heavy atom. The third-order valence-electron chi connectivity index (χ3n) is 8.28. The Morgan fingerprint density at radius 1 is 1.28 bits per heavy atom. The molecule has 0 bridgehead atoms. The van der Waals surface area contributed by atoms with Crippen LogP contribution < -0.4 is 5.56 Å². The number of halogens is 1. The summed E-state index contributed by atoms with van der Waals surface area (Å²) in [5, 5.41) is 11.3. The summed E-state index contributed by atoms with van der Waals surface area (Å²) >= 11 is 5.32. The first-order valence-corrected chi connectivity index (χ1v) is 17.6. The van der Waals surface area contributed by atoms with Gasteiger partial charge in [0.15, 0.2) is 8.32 Å². The van der Waals surface area contributed by atoms with Crippen molar-refractivity contribution in [2.45, 2.75) is 76.0 Å². The number of fused-ring (bicyclic) bond motifs is 1. The molecule has 198 valence electrons. The van der Waals surface area contributed by atoms with E-state index in [-0.39, 0.29) is 16.0 Å². The molecule has 1 atom stereocenters. The van der Waals surface area contributed by atoms with E-state index in [2.05, 4.69) is 49.8 Å². The number of hydrogen-bond acceptors (Lipinski definition) is 4. The molecule has 1 amide bonds. The highest BCUT2D eigenvalue weighted by atomic mass is 79.9. The van der Waals surface area contributed by atoms with Crippen LogP contribution in [0.15, 0.2) is 38.6 Å². The molecule has 4 rings (SSSR count). The molecule has 0 unspecified atom stereocenters. The minimum Gasteiger partial charge on any atom is -0.465 e. The zero-order valence-electron chi connectivity index (χ0n) is 22.1. The van der Waals surface area contributed by atoms with Crippen LogP contribution in [0.25, 0.3) is 10.8 Å². The van der Waals surface area contributed by atoms with Crippen LogP contribution in [0.1, 0.15) is 46.5 Å². The number of hydrogen-bond donors (Lipinski definition) is 1. The van der Waals surface area contributed by atoms with E-state index < -0.39 is 14.4 Å². The van der Waals surface area contributed by atoms with Crippen LogP contribution in [0.5, 0.6) is 0 Å². The molecule has 9 heteroatoms. The predicted molar refractivity (Wildman–Crippen MR) is 154 cm³/mol. The van der Waals surface area contributed by atoms with Crippen molar-refractivity contribution in [3.63, 3.8) is 0 Å². The zero-order valence-corrected chi connectivity index (χ0v) is 25.5. The van der Waals surface area contributed by atoms with Crippen LogP contribution in [-0.4, -0.2) is 54.4 Å². The molecule has 1 aromatic heterocycles. The van der Waals surface area contributed by atoms with Crippen LogP contribution in [0.2, 0.25) is 18.1 Å². The lowest BCUT2D eigenvalue weighted by Crippen LogP contribution is -2.42. The standard InChI is InChI=1S/C27H39BrN2O4SSi/c1-26(2,3)36(4,5)34-18-27(10-11-27)17-30-15-23(22-13-20(28)8-9-21(22)24(30)31)35-16-19-7-6-12-29(14-19)25(32)33/h8-9,13,15,19H,6-7,10-12,14,16-18H2,1-5H3,(H,32,33)/t19-/m0/s1. The van der Waals surface area contributed by atoms with Crippen molar-refractivity contribution in [3.05, 3.63) is 39.2 Å². The van der Waals surface area contributed by atoms with Crippen LogP contribution in [0.3, 0.4) is 0 Å². The molecule has 1 aliphatic heterocycles. The second kappa shape index (κ2) is 10.5. The third kappa shape index (κ3) is 6.22. The topological polar surface area (TPSA) is 71.8 Å². The van der Waals surface area contributed by atoms with Crippen LogP contribution in [0, 0.1) is 11.3 Å². The van der Waals surface area contributed by atoms with Crippen molar-refractivity contribution in [1.82, 2.24) is 9.47 Å². The van der Waals surface area contributed by atoms with Gasteiger partial charge in [-0.15, -0.1) is 11.8 Å². The highest BCUT2D eigenvalue weighted by molar-refractivity contribution is 9.10. The molecule has 6 nitrogen and oxygen atoms in total. The van der Waals surface area contributed by atoms with Crippen molar-refractivity contribution in [2.75, 3.05) is 25.4 Å². The Hall–Kier alpha value is -1.29. The van der Waals surface area contributed by atoms with Gasteiger partial charge in [0.2, 0.25) is 0 Å². The quantitative estimate of drug-likeness (QED) is 0.262. The van der Waals surface area contributed by atoms with E-state index in [0.717, 1.165) is 51.6 Å². The van der Waals surface area contributed by atoms with Gasteiger partial charge in [0, 0.05) is 63.7 Å². The fraction of sp³-hybridized carbons (Fsp3) is 0.630. The summed E-state index contributed by atoms with van der Waals surface area (Å²) in [6, 6.07) is 5.88. The fourth-order valence-corrected chi connectivity index (χ4v) is 7.26. The van der Waals surface area contributed by atoms with Gasteiger partial charge in [-0.3, -0.25) is 4.79 Å². The van der Waals surface area contributed by atoms with E-state index in [1.54, 1.807) is 11.8 Å². The Morgan fingerprint density at radius 3 is 2.64 bits per heavy atom. The summed E-state index contributed by atoms with van der Waals surface area (Å²) in [5.41, 5.74) is 0.0885. The molecule has 2 aromatic rings. The lowest BCUT2D eigenvalue weighted by atomic mass is 10.0. The van der Waals surface area contributed by atoms with E-state index in [4.69, 9.17) is 4.43 Å². The lowest BCUT2D eigenvalue weighted by molar-refractivity contribution is 0.124. The Bertz CT molecular complexity index is 1190. The number of carboxylic acid groups (broad SMARTS) is 1. The minimum atomic E-state index is -1.85. The van der Waals surface area contributed by atoms with E-state index in [0.29, 0.717) is 32.2 Å². The van der Waals surface area contributed by atoms with E-state index in [1.807, 2.05) is 29.0 Å². The largest absolute Gasteiger partial charge is 0.465 e. The summed E-state index contributed by atoms with van der Waals surface area (Å²) in [6.45, 7) is 13.9. The molecule has 2 aliphatic rings. The first-order valence-electron chi connectivity index (χ1n) is 12.9. The molecule has 1 aromatic carbocycles. The maximum Gasteiger partial charge on any atom is 0.407 e. The normalized spacial score (nSPS) is 20.1. The van der Waals surface area contributed by atoms with E-state index in [1.165, 1.54) is 4.90 Å². The van der Waals surface area contributed by atoms with Gasteiger partial charge in [0.05, 0.1) is 0 Å². The van der Waals surface area contributed by atoms with Gasteiger partial charge in [-0.1, -0.05) is 36.7 Å². The second-order valence-electron chi connectivity index (χ2n) is 12.2. The molecular weight excluding hydrogens is 556 g/mol. The van der Waals surface area contributed by atoms with Gasteiger partial charge >= 0.3 is 6.09 Å². The molecule has 1 saturated carbocycles. The maximum absolute atomic E-state index is 13.5. The average molecular weight is 596 g/mol. The second-order valence-corrected chi connectivity index (χ2v) is 19.0. The van der Waals surface area contributed by atoms with Crippen molar-refractivity contribution >= 4 is 52.9 Å². The maximum atomic E-state index is 13.5. The molecule has 36 heavy (non-hydrogen) atoms. The van der Waals surface area contributed by atoms with Gasteiger partial charge in [-0.25, -0.2) is 4.79 Å². The molecule has 1 aliphatic carbocycles. The first kappa shape index (κ1) is 27.7. The molecule has 0 radical (unpaired) electrons. The molecule has 2 heterocycles. The summed E-state index contributed by atoms with van der Waals surface area (Å²) in [7, 11) is -1.85. The summed E-state index contributed by atoms with van der Waals surface area (Å²) in [5.74, 6) is 1.15. The summed E-state index contributed by atoms with van der Waals surface area (Å²) < 4.78 is 9.44. The zero-order chi connectivity index (χ0) is 26.3. The summed E-state index contributed by atoms with van der Waals surface area (Å²) in [6.07, 6.45) is 5.31. The SMILES string of the molecule is CC(C)(C)[Si](C)(C)OCC1(Cn2cc(SC[C@H]3CCCN(C(=O)O)C3)c3cc(Br)ccc3c2=O)CC1. The number of piperidine rings is 1. The number of rotatable bonds is 8. The van der Waals surface area contributed by atoms with Crippen LogP contribution in [0.4, 0.5) is 4.79 Å². The molecule has 1 N–H and O–H groups in total. The molecule has 2 fully saturated rings. The minimum absolute atomic E-state index is 0.0374. The number of aromatic nitrogens is 1. The average Bonchev–Trinajstić information content (AvgIpc) is 3.58. The molecule has 0 spiro atoms. The highest BCUT2D eigenvalue weighted by Gasteiger charge is 2.47. The molecule has 1 saturated heterocycles. The first-order chi connectivity index (χ1) is 16.8. The Labute approximate surface area is 228 Å². The Kier molecular flexibility index (Phi) is 8.06. The van der Waals surface area contributed by atoms with Gasteiger partial charge in [0.1, 0.15) is 0 Å². The monoisotopic (exact) mass is 594 g/mol. The van der Waals surface area contributed by atoms with Crippen molar-refractivity contribution in [3.8, 4) is 0 Å². The number of nitrogens with zero attached hydrogens (tertiary/aromatic N) is 2. The number of benzene rings is 1. The predicted octanol–water partition coefficient (Wildman–Crippen LogP) is 7.05. The third-order valence-corrected chi connectivity index (χ3v) is 14.5. The van der Waals surface area contributed by atoms with E-state index >= 15 is 0 Å². The number of pyridine rings is 1. The van der Waals surface area contributed by atoms with Crippen LogP contribution in [-0.2, 0) is 11.0 Å². The number of thioether (sulfide) groups is 1. The van der Waals surface area contributed by atoms with E-state index in [9.17, 15) is 14.7 Å². The fourth-order valence-electron chi connectivity index (χ4n) is 4.58. The van der Waals surface area contributed by atoms with Gasteiger partial charge in [-0.2, -0.15) is 0 Å². The summed E-state index contributed by atoms with van der Waals surface area (Å²) in [4.78, 5) is 27.6. The molecular formula is C27H39BrN2O4SSi. The van der Waals surface area contributed by atoms with Crippen molar-refractivity contribution in [1.29, 1.82) is 0 Å². The van der Waals surface area contributed by atoms with Gasteiger partial charge in [-0.05, 0) is 67.9 Å². The van der Waals surface area contributed by atoms with Crippen molar-refractivity contribution < 1.29 is 14.3 Å².